The van der Waals surface area contributed by atoms with Crippen LogP contribution in [0, 0.1) is 11.8 Å². The molecule has 0 amide bonds. The van der Waals surface area contributed by atoms with Crippen molar-refractivity contribution in [3.05, 3.63) is 35.4 Å². The standard InChI is InChI=1S/C18H22O6/c1-5-23-17(21)11(3)15(19)13-7-9-14(10-8-13)16(20)12(4)18(22)24-6-2/h7-12H,5-6H2,1-4H3. The average Bonchev–Trinajstić information content (AvgIpc) is 2.59. The van der Waals surface area contributed by atoms with Gasteiger partial charge in [-0.3, -0.25) is 19.2 Å². The van der Waals surface area contributed by atoms with E-state index in [9.17, 15) is 19.2 Å². The number of ether oxygens (including phenoxy) is 2. The second-order valence-corrected chi connectivity index (χ2v) is 5.25. The summed E-state index contributed by atoms with van der Waals surface area (Å²) in [5.41, 5.74) is 0.604. The number of Topliss-reactive ketones (excluding diaryl/α,β-unsaturated/α-hetero) is 2. The van der Waals surface area contributed by atoms with E-state index in [0.717, 1.165) is 0 Å². The Morgan fingerprint density at radius 2 is 1.04 bits per heavy atom. The summed E-state index contributed by atoms with van der Waals surface area (Å²) in [6.45, 7) is 6.69. The van der Waals surface area contributed by atoms with E-state index in [4.69, 9.17) is 9.47 Å². The van der Waals surface area contributed by atoms with Crippen LogP contribution in [0.2, 0.25) is 0 Å². The van der Waals surface area contributed by atoms with Gasteiger partial charge < -0.3 is 9.47 Å². The SMILES string of the molecule is CCOC(=O)C(C)C(=O)c1ccc(C(=O)C(C)C(=O)OCC)cc1. The first-order valence-corrected chi connectivity index (χ1v) is 7.85. The fraction of sp³-hybridized carbons (Fsp3) is 0.444. The zero-order valence-corrected chi connectivity index (χ0v) is 14.3. The highest BCUT2D eigenvalue weighted by atomic mass is 16.5. The summed E-state index contributed by atoms with van der Waals surface area (Å²) in [4.78, 5) is 47.6. The molecule has 0 bridgehead atoms. The van der Waals surface area contributed by atoms with Crippen LogP contribution >= 0.6 is 0 Å². The molecule has 6 nitrogen and oxygen atoms in total. The van der Waals surface area contributed by atoms with Crippen molar-refractivity contribution in [1.82, 2.24) is 0 Å². The third-order valence-corrected chi connectivity index (χ3v) is 3.52. The molecule has 6 heteroatoms. The monoisotopic (exact) mass is 334 g/mol. The maximum atomic E-state index is 12.2. The minimum Gasteiger partial charge on any atom is -0.465 e. The lowest BCUT2D eigenvalue weighted by molar-refractivity contribution is -0.146. The molecule has 1 aromatic rings. The van der Waals surface area contributed by atoms with Gasteiger partial charge in [-0.25, -0.2) is 0 Å². The Morgan fingerprint density at radius 3 is 1.29 bits per heavy atom. The molecule has 0 radical (unpaired) electrons. The molecule has 0 saturated carbocycles. The molecule has 0 saturated heterocycles. The Hall–Kier alpha value is -2.50. The highest BCUT2D eigenvalue weighted by Gasteiger charge is 2.26. The maximum Gasteiger partial charge on any atom is 0.316 e. The molecule has 0 aliphatic rings. The van der Waals surface area contributed by atoms with Crippen molar-refractivity contribution in [3.63, 3.8) is 0 Å². The largest absolute Gasteiger partial charge is 0.465 e. The third kappa shape index (κ3) is 4.75. The van der Waals surface area contributed by atoms with Crippen molar-refractivity contribution >= 4 is 23.5 Å². The van der Waals surface area contributed by atoms with Crippen LogP contribution in [0.25, 0.3) is 0 Å². The van der Waals surface area contributed by atoms with Crippen molar-refractivity contribution in [2.75, 3.05) is 13.2 Å². The number of carbonyl (C=O) groups excluding carboxylic acids is 4. The molecule has 1 rings (SSSR count). The molecule has 0 spiro atoms. The van der Waals surface area contributed by atoms with Crippen LogP contribution in [0.15, 0.2) is 24.3 Å². The summed E-state index contributed by atoms with van der Waals surface area (Å²) >= 11 is 0. The second-order valence-electron chi connectivity index (χ2n) is 5.25. The van der Waals surface area contributed by atoms with Gasteiger partial charge in [-0.15, -0.1) is 0 Å². The van der Waals surface area contributed by atoms with Gasteiger partial charge in [0.15, 0.2) is 11.6 Å². The molecule has 24 heavy (non-hydrogen) atoms. The number of ketones is 2. The zero-order chi connectivity index (χ0) is 18.3. The average molecular weight is 334 g/mol. The normalized spacial score (nSPS) is 12.8. The smallest absolute Gasteiger partial charge is 0.316 e. The fourth-order valence-electron chi connectivity index (χ4n) is 2.05. The number of carbonyl (C=O) groups is 4. The Morgan fingerprint density at radius 1 is 0.750 bits per heavy atom. The minimum absolute atomic E-state index is 0.204. The van der Waals surface area contributed by atoms with Crippen LogP contribution in [0.3, 0.4) is 0 Å². The van der Waals surface area contributed by atoms with Crippen molar-refractivity contribution in [2.45, 2.75) is 27.7 Å². The maximum absolute atomic E-state index is 12.2. The van der Waals surface area contributed by atoms with Crippen LogP contribution < -0.4 is 0 Å². The van der Waals surface area contributed by atoms with Gasteiger partial charge in [-0.1, -0.05) is 24.3 Å². The molecule has 2 unspecified atom stereocenters. The van der Waals surface area contributed by atoms with E-state index in [0.29, 0.717) is 11.1 Å². The summed E-state index contributed by atoms with van der Waals surface area (Å²) in [6.07, 6.45) is 0. The molecule has 0 heterocycles. The Balaban J connectivity index is 2.85. The number of rotatable bonds is 8. The van der Waals surface area contributed by atoms with Gasteiger partial charge in [0, 0.05) is 11.1 Å². The van der Waals surface area contributed by atoms with Crippen LogP contribution in [0.1, 0.15) is 48.4 Å². The van der Waals surface area contributed by atoms with Crippen LogP contribution in [0.4, 0.5) is 0 Å². The van der Waals surface area contributed by atoms with Gasteiger partial charge in [0.1, 0.15) is 11.8 Å². The number of hydrogen-bond acceptors (Lipinski definition) is 6. The molecule has 0 aromatic heterocycles. The lowest BCUT2D eigenvalue weighted by Gasteiger charge is -2.11. The summed E-state index contributed by atoms with van der Waals surface area (Å²) in [5.74, 6) is -3.76. The Labute approximate surface area is 141 Å². The number of hydrogen-bond donors (Lipinski definition) is 0. The van der Waals surface area contributed by atoms with Gasteiger partial charge in [0.25, 0.3) is 0 Å². The predicted octanol–water partition coefficient (Wildman–Crippen LogP) is 2.45. The third-order valence-electron chi connectivity index (χ3n) is 3.52. The topological polar surface area (TPSA) is 86.7 Å². The molecule has 1 aromatic carbocycles. The number of esters is 2. The quantitative estimate of drug-likeness (QED) is 0.412. The van der Waals surface area contributed by atoms with Crippen LogP contribution in [0.5, 0.6) is 0 Å². The molecule has 0 N–H and O–H groups in total. The van der Waals surface area contributed by atoms with E-state index in [1.165, 1.54) is 38.1 Å². The van der Waals surface area contributed by atoms with Crippen molar-refractivity contribution < 1.29 is 28.7 Å². The van der Waals surface area contributed by atoms with E-state index < -0.39 is 23.8 Å². The van der Waals surface area contributed by atoms with E-state index in [1.54, 1.807) is 13.8 Å². The number of benzene rings is 1. The van der Waals surface area contributed by atoms with Gasteiger partial charge in [0.05, 0.1) is 13.2 Å². The first kappa shape index (κ1) is 19.5. The predicted molar refractivity (Wildman–Crippen MR) is 86.7 cm³/mol. The fourth-order valence-corrected chi connectivity index (χ4v) is 2.05. The lowest BCUT2D eigenvalue weighted by Crippen LogP contribution is -2.24. The Kier molecular flexibility index (Phi) is 7.30. The van der Waals surface area contributed by atoms with Crippen LogP contribution in [-0.4, -0.2) is 36.7 Å². The second kappa shape index (κ2) is 8.96. The lowest BCUT2D eigenvalue weighted by atomic mass is 9.95. The summed E-state index contributed by atoms with van der Waals surface area (Å²) in [7, 11) is 0. The van der Waals surface area contributed by atoms with Gasteiger partial charge >= 0.3 is 11.9 Å². The molecule has 0 aliphatic carbocycles. The van der Waals surface area contributed by atoms with E-state index in [2.05, 4.69) is 0 Å². The first-order chi connectivity index (χ1) is 11.3. The highest BCUT2D eigenvalue weighted by molar-refractivity contribution is 6.10. The summed E-state index contributed by atoms with van der Waals surface area (Å²) in [6, 6.07) is 5.85. The van der Waals surface area contributed by atoms with Gasteiger partial charge in [0.2, 0.25) is 0 Å². The molecule has 2 atom stereocenters. The van der Waals surface area contributed by atoms with Crippen molar-refractivity contribution in [1.29, 1.82) is 0 Å². The molecular formula is C18H22O6. The molecular weight excluding hydrogens is 312 g/mol. The molecule has 0 fully saturated rings. The van der Waals surface area contributed by atoms with Crippen molar-refractivity contribution in [3.8, 4) is 0 Å². The van der Waals surface area contributed by atoms with E-state index >= 15 is 0 Å². The molecule has 130 valence electrons. The summed E-state index contributed by atoms with van der Waals surface area (Å²) in [5, 5.41) is 0. The van der Waals surface area contributed by atoms with E-state index in [1.807, 2.05) is 0 Å². The molecule has 0 aliphatic heterocycles. The zero-order valence-electron chi connectivity index (χ0n) is 14.3. The first-order valence-electron chi connectivity index (χ1n) is 7.85. The highest BCUT2D eigenvalue weighted by Crippen LogP contribution is 2.15. The van der Waals surface area contributed by atoms with E-state index in [-0.39, 0.29) is 24.8 Å². The minimum atomic E-state index is -0.912. The van der Waals surface area contributed by atoms with Gasteiger partial charge in [-0.2, -0.15) is 0 Å². The summed E-state index contributed by atoms with van der Waals surface area (Å²) < 4.78 is 9.65. The Bertz CT molecular complexity index is 562. The van der Waals surface area contributed by atoms with Crippen molar-refractivity contribution in [2.24, 2.45) is 11.8 Å². The van der Waals surface area contributed by atoms with Crippen LogP contribution in [-0.2, 0) is 19.1 Å². The van der Waals surface area contributed by atoms with Gasteiger partial charge in [-0.05, 0) is 27.7 Å².